The second kappa shape index (κ2) is 5.17. The van der Waals surface area contributed by atoms with Crippen LogP contribution in [-0.2, 0) is 4.79 Å². The number of rotatable bonds is 4. The lowest BCUT2D eigenvalue weighted by Gasteiger charge is -2.22. The number of aliphatic hydroxyl groups is 1. The van der Waals surface area contributed by atoms with Crippen molar-refractivity contribution in [3.05, 3.63) is 42.1 Å². The van der Waals surface area contributed by atoms with Crippen molar-refractivity contribution in [2.75, 3.05) is 11.6 Å². The number of carboxylic acids is 1. The fourth-order valence-electron chi connectivity index (χ4n) is 1.30. The molecule has 0 saturated heterocycles. The maximum absolute atomic E-state index is 10.9. The lowest BCUT2D eigenvalue weighted by atomic mass is 10.2. The van der Waals surface area contributed by atoms with Gasteiger partial charge in [0.1, 0.15) is 12.4 Å². The Morgan fingerprint density at radius 3 is 2.40 bits per heavy atom. The topological polar surface area (TPSA) is 60.8 Å². The van der Waals surface area contributed by atoms with Crippen molar-refractivity contribution in [3.63, 3.8) is 0 Å². The standard InChI is InChI=1S/C11H13NO3/c1-2-10(11(14)15)12(8-13)9-6-4-3-5-7-9/h2-7,13H,8H2,1H3,(H,14,15). The number of hydrogen-bond donors (Lipinski definition) is 2. The Balaban J connectivity index is 3.04. The third kappa shape index (κ3) is 2.57. The molecule has 1 aromatic rings. The molecular weight excluding hydrogens is 194 g/mol. The lowest BCUT2D eigenvalue weighted by Crippen LogP contribution is -2.28. The highest BCUT2D eigenvalue weighted by Crippen LogP contribution is 2.17. The van der Waals surface area contributed by atoms with E-state index in [0.717, 1.165) is 0 Å². The highest BCUT2D eigenvalue weighted by atomic mass is 16.4. The first-order chi connectivity index (χ1) is 7.20. The predicted octanol–water partition coefficient (Wildman–Crippen LogP) is 1.43. The molecule has 15 heavy (non-hydrogen) atoms. The van der Waals surface area contributed by atoms with E-state index in [9.17, 15) is 4.79 Å². The molecular formula is C11H13NO3. The van der Waals surface area contributed by atoms with Crippen molar-refractivity contribution < 1.29 is 15.0 Å². The summed E-state index contributed by atoms with van der Waals surface area (Å²) in [6.45, 7) is 1.25. The van der Waals surface area contributed by atoms with Gasteiger partial charge in [0.25, 0.3) is 0 Å². The molecule has 0 aliphatic rings. The zero-order valence-electron chi connectivity index (χ0n) is 8.42. The van der Waals surface area contributed by atoms with Crippen molar-refractivity contribution in [2.24, 2.45) is 0 Å². The number of hydrogen-bond acceptors (Lipinski definition) is 3. The molecule has 1 aromatic carbocycles. The summed E-state index contributed by atoms with van der Waals surface area (Å²) in [6, 6.07) is 8.88. The van der Waals surface area contributed by atoms with E-state index in [0.29, 0.717) is 5.69 Å². The summed E-state index contributed by atoms with van der Waals surface area (Å²) >= 11 is 0. The van der Waals surface area contributed by atoms with E-state index in [1.165, 1.54) is 11.0 Å². The van der Waals surface area contributed by atoms with Gasteiger partial charge in [0.2, 0.25) is 0 Å². The largest absolute Gasteiger partial charge is 0.477 e. The van der Waals surface area contributed by atoms with Gasteiger partial charge in [-0.1, -0.05) is 24.3 Å². The van der Waals surface area contributed by atoms with Crippen LogP contribution in [0.15, 0.2) is 42.1 Å². The van der Waals surface area contributed by atoms with Crippen molar-refractivity contribution in [2.45, 2.75) is 6.92 Å². The molecule has 0 radical (unpaired) electrons. The van der Waals surface area contributed by atoms with E-state index < -0.39 is 5.97 Å². The van der Waals surface area contributed by atoms with Crippen LogP contribution in [0, 0.1) is 0 Å². The summed E-state index contributed by atoms with van der Waals surface area (Å²) in [5, 5.41) is 18.1. The van der Waals surface area contributed by atoms with E-state index in [2.05, 4.69) is 0 Å². The minimum absolute atomic E-state index is 0.0590. The Kier molecular flexibility index (Phi) is 3.88. The fourth-order valence-corrected chi connectivity index (χ4v) is 1.30. The Labute approximate surface area is 88.1 Å². The summed E-state index contributed by atoms with van der Waals surface area (Å²) in [7, 11) is 0. The zero-order valence-corrected chi connectivity index (χ0v) is 8.42. The first-order valence-corrected chi connectivity index (χ1v) is 4.53. The van der Waals surface area contributed by atoms with E-state index in [1.54, 1.807) is 31.2 Å². The molecule has 4 heteroatoms. The number of benzene rings is 1. The van der Waals surface area contributed by atoms with Crippen molar-refractivity contribution in [1.29, 1.82) is 0 Å². The average molecular weight is 207 g/mol. The van der Waals surface area contributed by atoms with Crippen LogP contribution < -0.4 is 4.90 Å². The normalized spacial score (nSPS) is 11.2. The molecule has 0 unspecified atom stereocenters. The molecule has 4 nitrogen and oxygen atoms in total. The van der Waals surface area contributed by atoms with Gasteiger partial charge in [-0.25, -0.2) is 4.79 Å². The second-order valence-electron chi connectivity index (χ2n) is 2.88. The lowest BCUT2D eigenvalue weighted by molar-refractivity contribution is -0.132. The van der Waals surface area contributed by atoms with Gasteiger partial charge in [-0.3, -0.25) is 0 Å². The third-order valence-corrected chi connectivity index (χ3v) is 1.99. The Morgan fingerprint density at radius 1 is 1.40 bits per heavy atom. The van der Waals surface area contributed by atoms with E-state index in [1.807, 2.05) is 6.07 Å². The van der Waals surface area contributed by atoms with Crippen LogP contribution in [-0.4, -0.2) is 22.9 Å². The number of para-hydroxylation sites is 1. The van der Waals surface area contributed by atoms with Crippen LogP contribution in [0.1, 0.15) is 6.92 Å². The van der Waals surface area contributed by atoms with E-state index in [-0.39, 0.29) is 12.4 Å². The van der Waals surface area contributed by atoms with E-state index in [4.69, 9.17) is 10.2 Å². The second-order valence-corrected chi connectivity index (χ2v) is 2.88. The number of nitrogens with zero attached hydrogens (tertiary/aromatic N) is 1. The van der Waals surface area contributed by atoms with Gasteiger partial charge in [0.15, 0.2) is 0 Å². The Hall–Kier alpha value is -1.81. The van der Waals surface area contributed by atoms with Crippen molar-refractivity contribution >= 4 is 11.7 Å². The maximum atomic E-state index is 10.9. The fraction of sp³-hybridized carbons (Fsp3) is 0.182. The van der Waals surface area contributed by atoms with Crippen molar-refractivity contribution in [1.82, 2.24) is 0 Å². The van der Waals surface area contributed by atoms with Crippen LogP contribution in [0.3, 0.4) is 0 Å². The van der Waals surface area contributed by atoms with Crippen molar-refractivity contribution in [3.8, 4) is 0 Å². The number of carbonyl (C=O) groups is 1. The first-order valence-electron chi connectivity index (χ1n) is 4.53. The average Bonchev–Trinajstić information content (AvgIpc) is 2.26. The molecule has 1 rings (SSSR count). The SMILES string of the molecule is CC=C(C(=O)O)N(CO)c1ccccc1. The summed E-state index contributed by atoms with van der Waals surface area (Å²) < 4.78 is 0. The number of anilines is 1. The van der Waals surface area contributed by atoms with Crippen LogP contribution in [0.25, 0.3) is 0 Å². The number of allylic oxidation sites excluding steroid dienone is 1. The maximum Gasteiger partial charge on any atom is 0.352 e. The third-order valence-electron chi connectivity index (χ3n) is 1.99. The van der Waals surface area contributed by atoms with Crippen LogP contribution in [0.2, 0.25) is 0 Å². The van der Waals surface area contributed by atoms with Crippen LogP contribution >= 0.6 is 0 Å². The quantitative estimate of drug-likeness (QED) is 0.579. The van der Waals surface area contributed by atoms with Gasteiger partial charge >= 0.3 is 5.97 Å². The smallest absolute Gasteiger partial charge is 0.352 e. The predicted molar refractivity (Wildman–Crippen MR) is 57.4 cm³/mol. The van der Waals surface area contributed by atoms with Crippen LogP contribution in [0.4, 0.5) is 5.69 Å². The van der Waals surface area contributed by atoms with Gasteiger partial charge in [0.05, 0.1) is 0 Å². The Morgan fingerprint density at radius 2 is 2.00 bits per heavy atom. The minimum Gasteiger partial charge on any atom is -0.477 e. The van der Waals surface area contributed by atoms with Gasteiger partial charge in [-0.2, -0.15) is 0 Å². The molecule has 0 aliphatic heterocycles. The number of aliphatic hydroxyl groups excluding tert-OH is 1. The summed E-state index contributed by atoms with van der Waals surface area (Å²) in [6.07, 6.45) is 1.45. The van der Waals surface area contributed by atoms with Gasteiger partial charge in [-0.15, -0.1) is 0 Å². The molecule has 0 spiro atoms. The molecule has 0 aliphatic carbocycles. The number of carboxylic acid groups (broad SMARTS) is 1. The molecule has 0 heterocycles. The molecule has 0 bridgehead atoms. The molecule has 0 fully saturated rings. The Bertz CT molecular complexity index is 359. The summed E-state index contributed by atoms with van der Waals surface area (Å²) in [5.41, 5.74) is 0.708. The monoisotopic (exact) mass is 207 g/mol. The van der Waals surface area contributed by atoms with Gasteiger partial charge in [0, 0.05) is 5.69 Å². The highest BCUT2D eigenvalue weighted by Gasteiger charge is 2.15. The van der Waals surface area contributed by atoms with Crippen LogP contribution in [0.5, 0.6) is 0 Å². The first kappa shape index (κ1) is 11.3. The molecule has 2 N–H and O–H groups in total. The minimum atomic E-state index is -1.06. The summed E-state index contributed by atoms with van der Waals surface area (Å²) in [5.74, 6) is -1.06. The molecule has 0 saturated carbocycles. The number of aliphatic carboxylic acids is 1. The molecule has 0 atom stereocenters. The highest BCUT2D eigenvalue weighted by molar-refractivity contribution is 5.90. The zero-order chi connectivity index (χ0) is 11.3. The molecule has 0 aromatic heterocycles. The van der Waals surface area contributed by atoms with E-state index >= 15 is 0 Å². The van der Waals surface area contributed by atoms with Gasteiger partial charge < -0.3 is 15.1 Å². The molecule has 80 valence electrons. The molecule has 0 amide bonds. The van der Waals surface area contributed by atoms with Gasteiger partial charge in [-0.05, 0) is 19.1 Å². The summed E-state index contributed by atoms with van der Waals surface area (Å²) in [4.78, 5) is 12.2.